The third-order valence-electron chi connectivity index (χ3n) is 3.50. The SMILES string of the molecule is Cc1cc(C)c(C)c(OCC(O)CN(CCO)CCO)c1. The Labute approximate surface area is 126 Å². The summed E-state index contributed by atoms with van der Waals surface area (Å²) >= 11 is 0. The fourth-order valence-electron chi connectivity index (χ4n) is 2.26. The number of rotatable bonds is 9. The fourth-order valence-corrected chi connectivity index (χ4v) is 2.26. The third kappa shape index (κ3) is 6.01. The highest BCUT2D eigenvalue weighted by Gasteiger charge is 2.13. The average Bonchev–Trinajstić information content (AvgIpc) is 2.41. The van der Waals surface area contributed by atoms with E-state index in [0.29, 0.717) is 19.6 Å². The molecule has 120 valence electrons. The van der Waals surface area contributed by atoms with Crippen molar-refractivity contribution in [3.05, 3.63) is 28.8 Å². The minimum absolute atomic E-state index is 0.00373. The second-order valence-electron chi connectivity index (χ2n) is 5.42. The van der Waals surface area contributed by atoms with Gasteiger partial charge in [-0.3, -0.25) is 4.90 Å². The van der Waals surface area contributed by atoms with Crippen LogP contribution in [0.1, 0.15) is 16.7 Å². The van der Waals surface area contributed by atoms with Gasteiger partial charge in [-0.05, 0) is 43.5 Å². The smallest absolute Gasteiger partial charge is 0.122 e. The first kappa shape index (κ1) is 17.9. The topological polar surface area (TPSA) is 73.2 Å². The lowest BCUT2D eigenvalue weighted by Gasteiger charge is -2.23. The van der Waals surface area contributed by atoms with E-state index in [1.54, 1.807) is 0 Å². The zero-order chi connectivity index (χ0) is 15.8. The summed E-state index contributed by atoms with van der Waals surface area (Å²) in [5.41, 5.74) is 3.38. The van der Waals surface area contributed by atoms with Gasteiger partial charge in [-0.15, -0.1) is 0 Å². The molecule has 3 N–H and O–H groups in total. The van der Waals surface area contributed by atoms with Gasteiger partial charge in [-0.1, -0.05) is 6.07 Å². The zero-order valence-electron chi connectivity index (χ0n) is 13.2. The summed E-state index contributed by atoms with van der Waals surface area (Å²) in [6, 6.07) is 4.07. The summed E-state index contributed by atoms with van der Waals surface area (Å²) in [7, 11) is 0. The van der Waals surface area contributed by atoms with Crippen LogP contribution >= 0.6 is 0 Å². The molecule has 1 unspecified atom stereocenters. The minimum Gasteiger partial charge on any atom is -0.491 e. The van der Waals surface area contributed by atoms with Crippen LogP contribution < -0.4 is 4.74 Å². The molecule has 0 heterocycles. The summed E-state index contributed by atoms with van der Waals surface area (Å²) < 4.78 is 5.72. The first-order valence-corrected chi connectivity index (χ1v) is 7.30. The molecule has 0 spiro atoms. The summed E-state index contributed by atoms with van der Waals surface area (Å²) in [6.45, 7) is 7.48. The van der Waals surface area contributed by atoms with E-state index in [1.165, 1.54) is 5.56 Å². The fraction of sp³-hybridized carbons (Fsp3) is 0.625. The maximum Gasteiger partial charge on any atom is 0.122 e. The summed E-state index contributed by atoms with van der Waals surface area (Å²) in [6.07, 6.45) is -0.664. The maximum atomic E-state index is 10.0. The van der Waals surface area contributed by atoms with Crippen molar-refractivity contribution in [3.63, 3.8) is 0 Å². The highest BCUT2D eigenvalue weighted by molar-refractivity contribution is 5.41. The average molecular weight is 297 g/mol. The molecule has 1 aromatic rings. The number of nitrogens with zero attached hydrogens (tertiary/aromatic N) is 1. The molecule has 0 aromatic heterocycles. The molecule has 0 saturated heterocycles. The molecule has 0 amide bonds. The number of aliphatic hydroxyl groups excluding tert-OH is 3. The van der Waals surface area contributed by atoms with Crippen molar-refractivity contribution in [2.75, 3.05) is 39.5 Å². The van der Waals surface area contributed by atoms with E-state index < -0.39 is 6.10 Å². The Morgan fingerprint density at radius 1 is 1.10 bits per heavy atom. The monoisotopic (exact) mass is 297 g/mol. The van der Waals surface area contributed by atoms with Crippen LogP contribution in [0, 0.1) is 20.8 Å². The van der Waals surface area contributed by atoms with Gasteiger partial charge in [-0.25, -0.2) is 0 Å². The molecule has 5 heteroatoms. The van der Waals surface area contributed by atoms with Crippen molar-refractivity contribution < 1.29 is 20.1 Å². The predicted octanol–water partition coefficient (Wildman–Crippen LogP) is 0.638. The van der Waals surface area contributed by atoms with Crippen LogP contribution in [0.15, 0.2) is 12.1 Å². The Kier molecular flexibility index (Phi) is 7.67. The molecule has 1 atom stereocenters. The van der Waals surface area contributed by atoms with E-state index in [1.807, 2.05) is 31.7 Å². The molecule has 21 heavy (non-hydrogen) atoms. The molecule has 0 radical (unpaired) electrons. The molecule has 5 nitrogen and oxygen atoms in total. The molecular weight excluding hydrogens is 270 g/mol. The van der Waals surface area contributed by atoms with Crippen LogP contribution in [0.25, 0.3) is 0 Å². The lowest BCUT2D eigenvalue weighted by atomic mass is 10.1. The van der Waals surface area contributed by atoms with Gasteiger partial charge in [0.05, 0.1) is 13.2 Å². The molecule has 0 fully saturated rings. The van der Waals surface area contributed by atoms with E-state index in [2.05, 4.69) is 6.07 Å². The van der Waals surface area contributed by atoms with E-state index in [0.717, 1.165) is 16.9 Å². The Balaban J connectivity index is 2.54. The molecule has 1 aromatic carbocycles. The lowest BCUT2D eigenvalue weighted by Crippen LogP contribution is -2.38. The van der Waals surface area contributed by atoms with Crippen molar-refractivity contribution >= 4 is 0 Å². The molecular formula is C16H27NO4. The summed E-state index contributed by atoms with van der Waals surface area (Å²) in [5.74, 6) is 0.794. The molecule has 0 aliphatic carbocycles. The number of ether oxygens (including phenoxy) is 1. The van der Waals surface area contributed by atoms with Crippen LogP contribution in [0.2, 0.25) is 0 Å². The number of hydrogen-bond donors (Lipinski definition) is 3. The van der Waals surface area contributed by atoms with Crippen molar-refractivity contribution in [2.24, 2.45) is 0 Å². The highest BCUT2D eigenvalue weighted by Crippen LogP contribution is 2.23. The first-order chi connectivity index (χ1) is 9.97. The molecule has 0 aliphatic heterocycles. The Morgan fingerprint density at radius 3 is 2.29 bits per heavy atom. The van der Waals surface area contributed by atoms with E-state index in [9.17, 15) is 5.11 Å². The summed E-state index contributed by atoms with van der Waals surface area (Å²) in [4.78, 5) is 1.81. The van der Waals surface area contributed by atoms with Gasteiger partial charge in [0.15, 0.2) is 0 Å². The van der Waals surface area contributed by atoms with Gasteiger partial charge in [0.2, 0.25) is 0 Å². The highest BCUT2D eigenvalue weighted by atomic mass is 16.5. The third-order valence-corrected chi connectivity index (χ3v) is 3.50. The zero-order valence-corrected chi connectivity index (χ0v) is 13.2. The second-order valence-corrected chi connectivity index (χ2v) is 5.42. The molecule has 0 bridgehead atoms. The lowest BCUT2D eigenvalue weighted by molar-refractivity contribution is 0.0550. The molecule has 1 rings (SSSR count). The van der Waals surface area contributed by atoms with Crippen LogP contribution in [0.5, 0.6) is 5.75 Å². The van der Waals surface area contributed by atoms with Crippen molar-refractivity contribution in [1.29, 1.82) is 0 Å². The number of aliphatic hydroxyl groups is 3. The summed E-state index contributed by atoms with van der Waals surface area (Å²) in [5, 5.41) is 27.9. The quantitative estimate of drug-likeness (QED) is 0.624. The van der Waals surface area contributed by atoms with Crippen molar-refractivity contribution in [2.45, 2.75) is 26.9 Å². The van der Waals surface area contributed by atoms with Crippen LogP contribution in [-0.2, 0) is 0 Å². The normalized spacial score (nSPS) is 12.7. The standard InChI is InChI=1S/C16H27NO4/c1-12-8-13(2)14(3)16(9-12)21-11-15(20)10-17(4-6-18)5-7-19/h8-9,15,18-20H,4-7,10-11H2,1-3H3. The van der Waals surface area contributed by atoms with E-state index in [-0.39, 0.29) is 19.8 Å². The van der Waals surface area contributed by atoms with Gasteiger partial charge in [0, 0.05) is 19.6 Å². The van der Waals surface area contributed by atoms with Crippen molar-refractivity contribution in [1.82, 2.24) is 4.90 Å². The van der Waals surface area contributed by atoms with Gasteiger partial charge in [0.25, 0.3) is 0 Å². The van der Waals surface area contributed by atoms with Crippen LogP contribution in [0.3, 0.4) is 0 Å². The molecule has 0 saturated carbocycles. The van der Waals surface area contributed by atoms with Crippen molar-refractivity contribution in [3.8, 4) is 5.75 Å². The first-order valence-electron chi connectivity index (χ1n) is 7.30. The maximum absolute atomic E-state index is 10.0. The van der Waals surface area contributed by atoms with Crippen LogP contribution in [-0.4, -0.2) is 65.8 Å². The Bertz CT molecular complexity index is 431. The van der Waals surface area contributed by atoms with Gasteiger partial charge < -0.3 is 20.1 Å². The van der Waals surface area contributed by atoms with Gasteiger partial charge >= 0.3 is 0 Å². The number of benzene rings is 1. The van der Waals surface area contributed by atoms with E-state index in [4.69, 9.17) is 14.9 Å². The van der Waals surface area contributed by atoms with E-state index >= 15 is 0 Å². The predicted molar refractivity (Wildman–Crippen MR) is 82.8 cm³/mol. The Hall–Kier alpha value is -1.14. The number of hydrogen-bond acceptors (Lipinski definition) is 5. The second kappa shape index (κ2) is 9.00. The largest absolute Gasteiger partial charge is 0.491 e. The number of aryl methyl sites for hydroxylation is 2. The Morgan fingerprint density at radius 2 is 1.71 bits per heavy atom. The van der Waals surface area contributed by atoms with Gasteiger partial charge in [-0.2, -0.15) is 0 Å². The molecule has 0 aliphatic rings. The minimum atomic E-state index is -0.664. The van der Waals surface area contributed by atoms with Crippen LogP contribution in [0.4, 0.5) is 0 Å². The van der Waals surface area contributed by atoms with Gasteiger partial charge in [0.1, 0.15) is 18.5 Å².